The van der Waals surface area contributed by atoms with Crippen LogP contribution in [0.4, 0.5) is 5.69 Å². The molecule has 2 aromatic rings. The molecule has 0 aliphatic carbocycles. The van der Waals surface area contributed by atoms with Crippen molar-refractivity contribution in [1.82, 2.24) is 13.7 Å². The third kappa shape index (κ3) is 4.08. The molecule has 1 aliphatic rings. The second-order valence-electron chi connectivity index (χ2n) is 6.26. The molecule has 3 rings (SSSR count). The second-order valence-corrected chi connectivity index (χ2v) is 6.66. The van der Waals surface area contributed by atoms with Gasteiger partial charge in [-0.1, -0.05) is 23.8 Å². The molecule has 0 radical (unpaired) electrons. The van der Waals surface area contributed by atoms with Crippen molar-refractivity contribution in [2.45, 2.75) is 19.6 Å². The highest BCUT2D eigenvalue weighted by Crippen LogP contribution is 2.37. The van der Waals surface area contributed by atoms with Gasteiger partial charge in [0.1, 0.15) is 19.8 Å². The molecule has 0 fully saturated rings. The van der Waals surface area contributed by atoms with E-state index >= 15 is 0 Å². The number of halogens is 1. The molecule has 1 aromatic carbocycles. The average Bonchev–Trinajstić information content (AvgIpc) is 2.72. The lowest BCUT2D eigenvalue weighted by Gasteiger charge is -2.20. The van der Waals surface area contributed by atoms with Crippen LogP contribution in [-0.2, 0) is 24.4 Å². The van der Waals surface area contributed by atoms with Crippen LogP contribution in [0.15, 0.2) is 51.8 Å². The maximum atomic E-state index is 12.6. The van der Waals surface area contributed by atoms with Crippen LogP contribution in [0.3, 0.4) is 0 Å². The Morgan fingerprint density at radius 1 is 0.967 bits per heavy atom. The number of fused-ring (bicyclic) bond motifs is 1. The maximum Gasteiger partial charge on any atom is 0.337 e. The van der Waals surface area contributed by atoms with Crippen molar-refractivity contribution in [3.05, 3.63) is 73.9 Å². The Hall–Kier alpha value is -3.53. The Bertz CT molecular complexity index is 1140. The predicted octanol–water partition coefficient (Wildman–Crippen LogP) is 0.607. The number of anilines is 1. The molecule has 1 aliphatic heterocycles. The zero-order valence-corrected chi connectivity index (χ0v) is 16.7. The first-order chi connectivity index (χ1) is 14.4. The minimum Gasteiger partial charge on any atom is -0.486 e. The fraction of sp³-hybridized carbons (Fsp3) is 0.263. The van der Waals surface area contributed by atoms with E-state index < -0.39 is 29.5 Å². The van der Waals surface area contributed by atoms with Gasteiger partial charge in [-0.25, -0.2) is 28.1 Å². The summed E-state index contributed by atoms with van der Waals surface area (Å²) < 4.78 is 13.1. The van der Waals surface area contributed by atoms with E-state index in [2.05, 4.69) is 18.5 Å². The summed E-state index contributed by atoms with van der Waals surface area (Å²) in [6.07, 6.45) is 2.68. The van der Waals surface area contributed by atoms with E-state index in [9.17, 15) is 19.2 Å². The number of nitrogens with zero attached hydrogens (tertiary/aromatic N) is 3. The average molecular weight is 435 g/mol. The molecule has 10 nitrogen and oxygen atoms in total. The summed E-state index contributed by atoms with van der Waals surface area (Å²) in [4.78, 5) is 50.1. The van der Waals surface area contributed by atoms with E-state index in [1.165, 1.54) is 24.3 Å². The number of ether oxygens (including phenoxy) is 2. The molecule has 0 saturated heterocycles. The van der Waals surface area contributed by atoms with Gasteiger partial charge in [0.15, 0.2) is 11.5 Å². The Morgan fingerprint density at radius 3 is 2.00 bits per heavy atom. The largest absolute Gasteiger partial charge is 0.486 e. The molecule has 0 unspecified atom stereocenters. The van der Waals surface area contributed by atoms with Gasteiger partial charge in [0, 0.05) is 12.1 Å². The minimum atomic E-state index is -0.923. The van der Waals surface area contributed by atoms with Gasteiger partial charge in [0.25, 0.3) is 0 Å². The van der Waals surface area contributed by atoms with Crippen LogP contribution in [0.25, 0.3) is 0 Å². The Kier molecular flexibility index (Phi) is 6.26. The van der Waals surface area contributed by atoms with Gasteiger partial charge < -0.3 is 14.8 Å². The zero-order valence-electron chi connectivity index (χ0n) is 15.9. The number of rotatable bonds is 7. The van der Waals surface area contributed by atoms with Crippen LogP contribution in [0.2, 0.25) is 5.02 Å². The van der Waals surface area contributed by atoms with Crippen LogP contribution in [0, 0.1) is 0 Å². The monoisotopic (exact) mass is 434 g/mol. The molecular formula is C19H19ClN4O6. The Balaban J connectivity index is 1.94. The number of benzene rings is 1. The van der Waals surface area contributed by atoms with Crippen molar-refractivity contribution in [2.24, 2.45) is 0 Å². The van der Waals surface area contributed by atoms with Crippen LogP contribution < -0.4 is 31.9 Å². The third-order valence-corrected chi connectivity index (χ3v) is 4.53. The van der Waals surface area contributed by atoms with Crippen LogP contribution in [0.5, 0.6) is 11.5 Å². The predicted molar refractivity (Wildman–Crippen MR) is 111 cm³/mol. The lowest BCUT2D eigenvalue weighted by atomic mass is 10.2. The molecule has 1 aromatic heterocycles. The molecular weight excluding hydrogens is 416 g/mol. The van der Waals surface area contributed by atoms with E-state index in [1.54, 1.807) is 0 Å². The van der Waals surface area contributed by atoms with E-state index in [4.69, 9.17) is 21.1 Å². The van der Waals surface area contributed by atoms with Crippen molar-refractivity contribution in [3.63, 3.8) is 0 Å². The van der Waals surface area contributed by atoms with Gasteiger partial charge in [-0.3, -0.25) is 4.79 Å². The first-order valence-electron chi connectivity index (χ1n) is 8.92. The molecule has 0 saturated carbocycles. The number of carbonyl (C=O) groups is 1. The van der Waals surface area contributed by atoms with E-state index in [0.29, 0.717) is 29.3 Å². The van der Waals surface area contributed by atoms with Crippen LogP contribution in [-0.4, -0.2) is 32.8 Å². The number of allylic oxidation sites excluding steroid dienone is 2. The third-order valence-electron chi connectivity index (χ3n) is 4.22. The van der Waals surface area contributed by atoms with Gasteiger partial charge in [0.05, 0.1) is 23.8 Å². The molecule has 30 heavy (non-hydrogen) atoms. The first-order valence-corrected chi connectivity index (χ1v) is 9.30. The van der Waals surface area contributed by atoms with Crippen LogP contribution >= 0.6 is 11.6 Å². The molecule has 2 heterocycles. The molecule has 0 atom stereocenters. The van der Waals surface area contributed by atoms with E-state index in [0.717, 1.165) is 9.13 Å². The number of amides is 1. The summed E-state index contributed by atoms with van der Waals surface area (Å²) in [5, 5.41) is 2.73. The maximum absolute atomic E-state index is 12.6. The quantitative estimate of drug-likeness (QED) is 0.639. The second kappa shape index (κ2) is 8.87. The van der Waals surface area contributed by atoms with Gasteiger partial charge in [-0.05, 0) is 0 Å². The van der Waals surface area contributed by atoms with Crippen molar-refractivity contribution < 1.29 is 14.3 Å². The summed E-state index contributed by atoms with van der Waals surface area (Å²) >= 11 is 6.17. The lowest BCUT2D eigenvalue weighted by molar-refractivity contribution is -0.116. The molecule has 158 valence electrons. The standard InChI is InChI=1S/C19H19ClN4O6/c1-3-5-22-17(26)23(6-4-2)19(28)24(18(22)27)11-16(25)21-13-10-15-14(9-12(13)20)29-7-8-30-15/h3-4,9-10H,1-2,5-8,11H2,(H,21,25). The summed E-state index contributed by atoms with van der Waals surface area (Å²) in [6, 6.07) is 2.99. The fourth-order valence-corrected chi connectivity index (χ4v) is 3.08. The van der Waals surface area contributed by atoms with Gasteiger partial charge in [-0.2, -0.15) is 0 Å². The highest BCUT2D eigenvalue weighted by Gasteiger charge is 2.19. The van der Waals surface area contributed by atoms with Crippen LogP contribution in [0.1, 0.15) is 0 Å². The first kappa shape index (κ1) is 21.2. The Labute approximate surface area is 175 Å². The topological polar surface area (TPSA) is 114 Å². The highest BCUT2D eigenvalue weighted by molar-refractivity contribution is 6.34. The molecule has 0 spiro atoms. The number of hydrogen-bond donors (Lipinski definition) is 1. The highest BCUT2D eigenvalue weighted by atomic mass is 35.5. The summed E-state index contributed by atoms with van der Waals surface area (Å²) in [7, 11) is 0. The number of carbonyl (C=O) groups excluding carboxylic acids is 1. The Morgan fingerprint density at radius 2 is 1.47 bits per heavy atom. The molecule has 0 bridgehead atoms. The number of hydrogen-bond acceptors (Lipinski definition) is 6. The van der Waals surface area contributed by atoms with Gasteiger partial charge in [-0.15, -0.1) is 13.2 Å². The zero-order chi connectivity index (χ0) is 21.8. The van der Waals surface area contributed by atoms with Crippen molar-refractivity contribution in [1.29, 1.82) is 0 Å². The van der Waals surface area contributed by atoms with Crippen molar-refractivity contribution >= 4 is 23.2 Å². The van der Waals surface area contributed by atoms with Crippen molar-refractivity contribution in [3.8, 4) is 11.5 Å². The van der Waals surface area contributed by atoms with E-state index in [-0.39, 0.29) is 23.8 Å². The molecule has 11 heteroatoms. The lowest BCUT2D eigenvalue weighted by Crippen LogP contribution is -2.55. The number of aromatic nitrogens is 3. The smallest absolute Gasteiger partial charge is 0.337 e. The number of nitrogens with one attached hydrogen (secondary N) is 1. The van der Waals surface area contributed by atoms with Crippen molar-refractivity contribution in [2.75, 3.05) is 18.5 Å². The normalized spacial score (nSPS) is 12.3. The summed E-state index contributed by atoms with van der Waals surface area (Å²) in [5.41, 5.74) is -2.43. The van der Waals surface area contributed by atoms with E-state index in [1.807, 2.05) is 0 Å². The summed E-state index contributed by atoms with van der Waals surface area (Å²) in [6.45, 7) is 6.86. The SMILES string of the molecule is C=CCn1c(=O)n(CC=C)c(=O)n(CC(=O)Nc2cc3c(cc2Cl)OCCO3)c1=O. The fourth-order valence-electron chi connectivity index (χ4n) is 2.88. The molecule has 1 N–H and O–H groups in total. The molecule has 1 amide bonds. The minimum absolute atomic E-state index is 0.120. The summed E-state index contributed by atoms with van der Waals surface area (Å²) in [5.74, 6) is 0.164. The van der Waals surface area contributed by atoms with Gasteiger partial charge >= 0.3 is 17.1 Å². The van der Waals surface area contributed by atoms with Gasteiger partial charge in [0.2, 0.25) is 5.91 Å².